The third kappa shape index (κ3) is 3.61. The molecule has 0 amide bonds. The molecule has 0 aliphatic rings. The van der Waals surface area contributed by atoms with E-state index in [0.717, 1.165) is 39.3 Å². The summed E-state index contributed by atoms with van der Waals surface area (Å²) in [6.45, 7) is 8.89. The number of benzene rings is 4. The number of hydrogen-bond acceptors (Lipinski definition) is 2. The highest BCUT2D eigenvalue weighted by Gasteiger charge is 2.28. The molecule has 0 saturated heterocycles. The van der Waals surface area contributed by atoms with Gasteiger partial charge < -0.3 is 4.42 Å². The van der Waals surface area contributed by atoms with E-state index in [4.69, 9.17) is 9.40 Å². The molecule has 0 unspecified atom stereocenters. The largest absolute Gasteiger partial charge is 0.436 e. The molecule has 6 rings (SSSR count). The van der Waals surface area contributed by atoms with Crippen LogP contribution in [0.5, 0.6) is 0 Å². The highest BCUT2D eigenvalue weighted by molar-refractivity contribution is 5.85. The van der Waals surface area contributed by atoms with E-state index >= 15 is 0 Å². The normalized spacial score (nSPS) is 12.0. The smallest absolute Gasteiger partial charge is 0.295 e. The second-order valence-electron chi connectivity index (χ2n) is 10.5. The van der Waals surface area contributed by atoms with Crippen LogP contribution >= 0.6 is 0 Å². The van der Waals surface area contributed by atoms with Gasteiger partial charge in [-0.3, -0.25) is 0 Å². The van der Waals surface area contributed by atoms with Crippen molar-refractivity contribution in [3.05, 3.63) is 102 Å². The number of aryl methyl sites for hydroxylation is 2. The molecule has 0 aliphatic carbocycles. The van der Waals surface area contributed by atoms with Crippen LogP contribution in [0.4, 0.5) is 0 Å². The molecule has 0 aliphatic heterocycles. The summed E-state index contributed by atoms with van der Waals surface area (Å²) in [5.41, 5.74) is 9.82. The van der Waals surface area contributed by atoms with Crippen molar-refractivity contribution in [2.24, 2.45) is 7.05 Å². The van der Waals surface area contributed by atoms with Gasteiger partial charge in [-0.25, -0.2) is 9.55 Å². The predicted octanol–water partition coefficient (Wildman–Crippen LogP) is 7.54. The van der Waals surface area contributed by atoms with Crippen molar-refractivity contribution >= 4 is 22.1 Å². The average molecular weight is 473 g/mol. The van der Waals surface area contributed by atoms with E-state index in [2.05, 4.69) is 105 Å². The topological polar surface area (TPSA) is 34.8 Å². The Hall–Kier alpha value is -4.18. The molecule has 2 aromatic heterocycles. The number of fused-ring (bicyclic) bond motifs is 2. The van der Waals surface area contributed by atoms with Gasteiger partial charge in [0.1, 0.15) is 11.2 Å². The maximum absolute atomic E-state index is 6.25. The molecule has 0 N–H and O–H groups in total. The van der Waals surface area contributed by atoms with Crippen molar-refractivity contribution in [2.45, 2.75) is 33.1 Å². The standard InChI is InChI=1S/C32H30N3O/c1-21-19-26-29(36-30(33-26)22-11-7-6-8-12-22)20-25(21)31-34(5)27-13-9-10-14-28(27)35(31)24-17-15-23(16-18-24)32(2,3)4/h6-20H,1-5H3/q+1. The van der Waals surface area contributed by atoms with Crippen LogP contribution in [-0.2, 0) is 12.5 Å². The van der Waals surface area contributed by atoms with Gasteiger partial charge in [0.25, 0.3) is 5.82 Å². The van der Waals surface area contributed by atoms with Crippen LogP contribution in [0.2, 0.25) is 0 Å². The highest BCUT2D eigenvalue weighted by atomic mass is 16.3. The molecule has 0 radical (unpaired) electrons. The van der Waals surface area contributed by atoms with E-state index in [-0.39, 0.29) is 5.41 Å². The zero-order chi connectivity index (χ0) is 25.0. The Morgan fingerprint density at radius 3 is 2.25 bits per heavy atom. The first-order valence-electron chi connectivity index (χ1n) is 12.4. The molecule has 0 spiro atoms. The number of imidazole rings is 1. The van der Waals surface area contributed by atoms with Crippen molar-refractivity contribution in [1.29, 1.82) is 0 Å². The molecule has 0 atom stereocenters. The average Bonchev–Trinajstić information content (AvgIpc) is 3.42. The van der Waals surface area contributed by atoms with Crippen LogP contribution < -0.4 is 4.57 Å². The fourth-order valence-corrected chi connectivity index (χ4v) is 5.01. The maximum atomic E-state index is 6.25. The molecule has 36 heavy (non-hydrogen) atoms. The summed E-state index contributed by atoms with van der Waals surface area (Å²) in [6, 6.07) is 31.8. The first-order chi connectivity index (χ1) is 17.3. The van der Waals surface area contributed by atoms with Crippen molar-refractivity contribution in [3.63, 3.8) is 0 Å². The zero-order valence-corrected chi connectivity index (χ0v) is 21.4. The molecule has 6 aromatic rings. The number of oxazole rings is 1. The zero-order valence-electron chi connectivity index (χ0n) is 21.4. The second kappa shape index (κ2) is 8.20. The van der Waals surface area contributed by atoms with Gasteiger partial charge in [-0.2, -0.15) is 4.57 Å². The molecule has 4 nitrogen and oxygen atoms in total. The van der Waals surface area contributed by atoms with Gasteiger partial charge in [0.2, 0.25) is 5.89 Å². The van der Waals surface area contributed by atoms with Crippen LogP contribution in [0.25, 0.3) is 50.7 Å². The summed E-state index contributed by atoms with van der Waals surface area (Å²) in [5, 5.41) is 0. The maximum Gasteiger partial charge on any atom is 0.295 e. The van der Waals surface area contributed by atoms with Crippen molar-refractivity contribution in [1.82, 2.24) is 9.55 Å². The summed E-state index contributed by atoms with van der Waals surface area (Å²) in [4.78, 5) is 4.78. The van der Waals surface area contributed by atoms with E-state index in [1.165, 1.54) is 16.6 Å². The Bertz CT molecular complexity index is 1720. The van der Waals surface area contributed by atoms with Crippen LogP contribution in [0.15, 0.2) is 95.4 Å². The van der Waals surface area contributed by atoms with Crippen LogP contribution in [0, 0.1) is 6.92 Å². The number of rotatable bonds is 3. The minimum absolute atomic E-state index is 0.106. The Balaban J connectivity index is 1.58. The lowest BCUT2D eigenvalue weighted by atomic mass is 9.87. The van der Waals surface area contributed by atoms with E-state index in [1.54, 1.807) is 0 Å². The Morgan fingerprint density at radius 1 is 0.833 bits per heavy atom. The fourth-order valence-electron chi connectivity index (χ4n) is 5.01. The number of nitrogens with zero attached hydrogens (tertiary/aromatic N) is 3. The molecular formula is C32H30N3O+. The summed E-state index contributed by atoms with van der Waals surface area (Å²) < 4.78 is 10.9. The SMILES string of the molecule is Cc1cc2nc(-c3ccccc3)oc2cc1-c1n(-c2ccc(C(C)(C)C)cc2)c2ccccc2[n+]1C. The highest BCUT2D eigenvalue weighted by Crippen LogP contribution is 2.34. The van der Waals surface area contributed by atoms with Gasteiger partial charge in [0.15, 0.2) is 16.6 Å². The van der Waals surface area contributed by atoms with Gasteiger partial charge in [0.05, 0.1) is 12.6 Å². The van der Waals surface area contributed by atoms with Gasteiger partial charge in [-0.1, -0.05) is 63.2 Å². The Morgan fingerprint density at radius 2 is 1.53 bits per heavy atom. The number of para-hydroxylation sites is 2. The lowest BCUT2D eigenvalue weighted by molar-refractivity contribution is -0.633. The minimum atomic E-state index is 0.106. The summed E-state index contributed by atoms with van der Waals surface area (Å²) in [6.07, 6.45) is 0. The summed E-state index contributed by atoms with van der Waals surface area (Å²) >= 11 is 0. The van der Waals surface area contributed by atoms with E-state index < -0.39 is 0 Å². The molecule has 4 aromatic carbocycles. The molecule has 178 valence electrons. The lowest BCUT2D eigenvalue weighted by Crippen LogP contribution is -2.30. The first-order valence-corrected chi connectivity index (χ1v) is 12.4. The van der Waals surface area contributed by atoms with Crippen molar-refractivity contribution in [3.8, 4) is 28.5 Å². The molecule has 4 heteroatoms. The van der Waals surface area contributed by atoms with Gasteiger partial charge in [-0.15, -0.1) is 0 Å². The number of aromatic nitrogens is 3. The Kier molecular flexibility index (Phi) is 5.08. The molecule has 0 saturated carbocycles. The molecule has 2 heterocycles. The minimum Gasteiger partial charge on any atom is -0.436 e. The van der Waals surface area contributed by atoms with Gasteiger partial charge in [0, 0.05) is 5.56 Å². The number of hydrogen-bond donors (Lipinski definition) is 0. The summed E-state index contributed by atoms with van der Waals surface area (Å²) in [5.74, 6) is 1.75. The predicted molar refractivity (Wildman–Crippen MR) is 146 cm³/mol. The van der Waals surface area contributed by atoms with Crippen LogP contribution in [-0.4, -0.2) is 9.55 Å². The van der Waals surface area contributed by atoms with Gasteiger partial charge >= 0.3 is 0 Å². The van der Waals surface area contributed by atoms with Gasteiger partial charge in [-0.05, 0) is 72.0 Å². The third-order valence-corrected chi connectivity index (χ3v) is 7.00. The van der Waals surface area contributed by atoms with Crippen LogP contribution in [0.3, 0.4) is 0 Å². The van der Waals surface area contributed by atoms with Crippen molar-refractivity contribution < 1.29 is 8.98 Å². The molecule has 0 bridgehead atoms. The third-order valence-electron chi connectivity index (χ3n) is 7.00. The second-order valence-corrected chi connectivity index (χ2v) is 10.5. The van der Waals surface area contributed by atoms with Crippen LogP contribution in [0.1, 0.15) is 31.9 Å². The Labute approximate surface area is 211 Å². The van der Waals surface area contributed by atoms with E-state index in [9.17, 15) is 0 Å². The van der Waals surface area contributed by atoms with E-state index in [1.807, 2.05) is 30.3 Å². The molecule has 0 fully saturated rings. The fraction of sp³-hybridized carbons (Fsp3) is 0.188. The van der Waals surface area contributed by atoms with Crippen molar-refractivity contribution in [2.75, 3.05) is 0 Å². The summed E-state index contributed by atoms with van der Waals surface area (Å²) in [7, 11) is 2.14. The van der Waals surface area contributed by atoms with E-state index in [0.29, 0.717) is 5.89 Å². The molecular weight excluding hydrogens is 442 g/mol. The first kappa shape index (κ1) is 22.3. The monoisotopic (exact) mass is 472 g/mol. The lowest BCUT2D eigenvalue weighted by Gasteiger charge is -2.18. The quantitative estimate of drug-likeness (QED) is 0.249.